The minimum Gasteiger partial charge on any atom is -0.399 e. The first-order valence-electron chi connectivity index (χ1n) is 27.0. The molecule has 2 heteroatoms. The standard InChI is InChI=1S/C61H94N2/c1-3-5-7-9-11-22-26-30-34-60(56-44-48-58(62)49-45-56)54-40-36-52(37-41-54)32-28-24-20-18-16-14-13-15-17-19-21-25-29-33-53-38-42-55(43-39-53)61(57-46-50-59(63)51-47-57)35-31-27-23-12-10-8-6-4-2/h36-51,60-61H,3-35,62-63H2,1-2H3. The summed E-state index contributed by atoms with van der Waals surface area (Å²) in [6, 6.07) is 36.6. The zero-order valence-corrected chi connectivity index (χ0v) is 40.9. The minimum absolute atomic E-state index is 0.467. The number of anilines is 2. The van der Waals surface area contributed by atoms with Crippen molar-refractivity contribution in [2.24, 2.45) is 0 Å². The van der Waals surface area contributed by atoms with Crippen LogP contribution in [0.5, 0.6) is 0 Å². The zero-order chi connectivity index (χ0) is 44.4. The number of unbranched alkanes of at least 4 members (excludes halogenated alkanes) is 26. The van der Waals surface area contributed by atoms with Crippen LogP contribution in [0.2, 0.25) is 0 Å². The van der Waals surface area contributed by atoms with Gasteiger partial charge in [-0.2, -0.15) is 0 Å². The molecule has 0 aromatic heterocycles. The number of rotatable bonds is 38. The quantitative estimate of drug-likeness (QED) is 0.0349. The number of hydrogen-bond donors (Lipinski definition) is 2. The lowest BCUT2D eigenvalue weighted by molar-refractivity contribution is 0.536. The van der Waals surface area contributed by atoms with Gasteiger partial charge in [0, 0.05) is 23.2 Å². The normalized spacial score (nSPS) is 12.5. The van der Waals surface area contributed by atoms with Gasteiger partial charge in [-0.3, -0.25) is 0 Å². The van der Waals surface area contributed by atoms with E-state index in [1.807, 2.05) is 0 Å². The average molecular weight is 855 g/mol. The van der Waals surface area contributed by atoms with Crippen molar-refractivity contribution in [3.63, 3.8) is 0 Å². The van der Waals surface area contributed by atoms with Gasteiger partial charge in [-0.05, 0) is 96.2 Å². The van der Waals surface area contributed by atoms with E-state index in [0.717, 1.165) is 11.4 Å². The topological polar surface area (TPSA) is 52.0 Å². The second-order valence-electron chi connectivity index (χ2n) is 19.5. The van der Waals surface area contributed by atoms with Crippen LogP contribution in [-0.4, -0.2) is 0 Å². The third-order valence-electron chi connectivity index (χ3n) is 14.1. The summed E-state index contributed by atoms with van der Waals surface area (Å²) >= 11 is 0. The van der Waals surface area contributed by atoms with Crippen LogP contribution < -0.4 is 11.5 Å². The van der Waals surface area contributed by atoms with Crippen molar-refractivity contribution in [1.82, 2.24) is 0 Å². The van der Waals surface area contributed by atoms with Crippen molar-refractivity contribution in [3.8, 4) is 0 Å². The summed E-state index contributed by atoms with van der Waals surface area (Å²) in [6.07, 6.45) is 44.8. The van der Waals surface area contributed by atoms with Crippen molar-refractivity contribution >= 4 is 11.4 Å². The maximum atomic E-state index is 6.05. The highest BCUT2D eigenvalue weighted by molar-refractivity contribution is 5.44. The molecule has 4 rings (SSSR count). The Balaban J connectivity index is 1.00. The van der Waals surface area contributed by atoms with Crippen LogP contribution in [0.25, 0.3) is 0 Å². The van der Waals surface area contributed by atoms with Crippen LogP contribution in [0.3, 0.4) is 0 Å². The first-order valence-corrected chi connectivity index (χ1v) is 27.0. The van der Waals surface area contributed by atoms with Crippen LogP contribution >= 0.6 is 0 Å². The van der Waals surface area contributed by atoms with E-state index in [1.165, 1.54) is 245 Å². The van der Waals surface area contributed by atoms with Crippen molar-refractivity contribution in [3.05, 3.63) is 130 Å². The van der Waals surface area contributed by atoms with Crippen molar-refractivity contribution in [2.45, 2.75) is 238 Å². The number of hydrogen-bond acceptors (Lipinski definition) is 2. The number of aryl methyl sites for hydroxylation is 2. The molecule has 0 fully saturated rings. The predicted octanol–water partition coefficient (Wildman–Crippen LogP) is 19.0. The molecule has 2 nitrogen and oxygen atoms in total. The zero-order valence-electron chi connectivity index (χ0n) is 40.9. The molecule has 0 spiro atoms. The van der Waals surface area contributed by atoms with E-state index in [1.54, 1.807) is 0 Å². The molecule has 0 aliphatic rings. The second kappa shape index (κ2) is 33.9. The Morgan fingerprint density at radius 2 is 0.492 bits per heavy atom. The second-order valence-corrected chi connectivity index (χ2v) is 19.5. The Bertz CT molecular complexity index is 1510. The smallest absolute Gasteiger partial charge is 0.0314 e. The van der Waals surface area contributed by atoms with Crippen LogP contribution in [0, 0.1) is 0 Å². The fraction of sp³-hybridized carbons (Fsp3) is 0.607. The van der Waals surface area contributed by atoms with Crippen molar-refractivity contribution < 1.29 is 0 Å². The summed E-state index contributed by atoms with van der Waals surface area (Å²) in [4.78, 5) is 0. The Kier molecular flexibility index (Phi) is 28.1. The maximum absolute atomic E-state index is 6.05. The molecular weight excluding hydrogens is 761 g/mol. The molecule has 0 aliphatic carbocycles. The molecule has 0 saturated heterocycles. The van der Waals surface area contributed by atoms with Crippen LogP contribution in [0.15, 0.2) is 97.1 Å². The van der Waals surface area contributed by atoms with Gasteiger partial charge in [-0.1, -0.05) is 260 Å². The van der Waals surface area contributed by atoms with Crippen molar-refractivity contribution in [2.75, 3.05) is 11.5 Å². The number of benzene rings is 4. The average Bonchev–Trinajstić information content (AvgIpc) is 3.31. The van der Waals surface area contributed by atoms with Gasteiger partial charge in [-0.15, -0.1) is 0 Å². The Morgan fingerprint density at radius 3 is 0.762 bits per heavy atom. The molecule has 4 aromatic rings. The van der Waals surface area contributed by atoms with E-state index in [-0.39, 0.29) is 0 Å². The monoisotopic (exact) mass is 855 g/mol. The van der Waals surface area contributed by atoms with E-state index in [9.17, 15) is 0 Å². The summed E-state index contributed by atoms with van der Waals surface area (Å²) in [5.41, 5.74) is 22.6. The van der Waals surface area contributed by atoms with Crippen LogP contribution in [0.4, 0.5) is 11.4 Å². The highest BCUT2D eigenvalue weighted by Crippen LogP contribution is 2.33. The maximum Gasteiger partial charge on any atom is 0.0314 e. The number of nitrogen functional groups attached to an aromatic ring is 2. The molecule has 4 N–H and O–H groups in total. The highest BCUT2D eigenvalue weighted by Gasteiger charge is 2.16. The van der Waals surface area contributed by atoms with E-state index in [2.05, 4.69) is 111 Å². The molecule has 0 amide bonds. The predicted molar refractivity (Wildman–Crippen MR) is 280 cm³/mol. The molecule has 0 saturated carbocycles. The summed E-state index contributed by atoms with van der Waals surface area (Å²) < 4.78 is 0. The third kappa shape index (κ3) is 22.8. The van der Waals surface area contributed by atoms with Gasteiger partial charge < -0.3 is 11.5 Å². The summed E-state index contributed by atoms with van der Waals surface area (Å²) in [6.45, 7) is 4.60. The van der Waals surface area contributed by atoms with Crippen LogP contribution in [-0.2, 0) is 12.8 Å². The highest BCUT2D eigenvalue weighted by atomic mass is 14.5. The molecule has 2 atom stereocenters. The van der Waals surface area contributed by atoms with Gasteiger partial charge in [-0.25, -0.2) is 0 Å². The molecule has 0 aliphatic heterocycles. The molecular formula is C61H94N2. The molecule has 2 unspecified atom stereocenters. The van der Waals surface area contributed by atoms with E-state index >= 15 is 0 Å². The van der Waals surface area contributed by atoms with E-state index < -0.39 is 0 Å². The molecule has 63 heavy (non-hydrogen) atoms. The largest absolute Gasteiger partial charge is 0.399 e. The van der Waals surface area contributed by atoms with E-state index in [0.29, 0.717) is 11.8 Å². The molecule has 348 valence electrons. The molecule has 0 heterocycles. The van der Waals surface area contributed by atoms with Gasteiger partial charge in [0.15, 0.2) is 0 Å². The third-order valence-corrected chi connectivity index (χ3v) is 14.1. The Labute approximate surface area is 389 Å². The first-order chi connectivity index (χ1) is 31.1. The van der Waals surface area contributed by atoms with E-state index in [4.69, 9.17) is 11.5 Å². The fourth-order valence-corrected chi connectivity index (χ4v) is 9.91. The Hall–Kier alpha value is -3.52. The lowest BCUT2D eigenvalue weighted by Crippen LogP contribution is -2.02. The van der Waals surface area contributed by atoms with Gasteiger partial charge in [0.2, 0.25) is 0 Å². The Morgan fingerprint density at radius 1 is 0.270 bits per heavy atom. The van der Waals surface area contributed by atoms with Gasteiger partial charge in [0.05, 0.1) is 0 Å². The van der Waals surface area contributed by atoms with Gasteiger partial charge >= 0.3 is 0 Å². The molecule has 0 radical (unpaired) electrons. The molecule has 4 aromatic carbocycles. The summed E-state index contributed by atoms with van der Waals surface area (Å²) in [7, 11) is 0. The van der Waals surface area contributed by atoms with Crippen LogP contribution in [0.1, 0.15) is 258 Å². The number of nitrogens with two attached hydrogens (primary N) is 2. The fourth-order valence-electron chi connectivity index (χ4n) is 9.91. The molecule has 0 bridgehead atoms. The van der Waals surface area contributed by atoms with Crippen molar-refractivity contribution in [1.29, 1.82) is 0 Å². The summed E-state index contributed by atoms with van der Waals surface area (Å²) in [5, 5.41) is 0. The first kappa shape index (κ1) is 52.1. The lowest BCUT2D eigenvalue weighted by atomic mass is 9.86. The lowest BCUT2D eigenvalue weighted by Gasteiger charge is -2.19. The van der Waals surface area contributed by atoms with Gasteiger partial charge in [0.25, 0.3) is 0 Å². The van der Waals surface area contributed by atoms with Gasteiger partial charge in [0.1, 0.15) is 0 Å². The SMILES string of the molecule is CCCCCCCCCCC(c1ccc(N)cc1)c1ccc(CCCCCCCCCCCCCCCc2ccc(C(CCCCCCCCCC)c3ccc(N)cc3)cc2)cc1. The minimum atomic E-state index is 0.467. The summed E-state index contributed by atoms with van der Waals surface area (Å²) in [5.74, 6) is 0.935.